The van der Waals surface area contributed by atoms with Gasteiger partial charge < -0.3 is 10.6 Å². The highest BCUT2D eigenvalue weighted by molar-refractivity contribution is 5.91. The van der Waals surface area contributed by atoms with Crippen LogP contribution >= 0.6 is 0 Å². The van der Waals surface area contributed by atoms with Crippen molar-refractivity contribution in [3.8, 4) is 11.3 Å². The van der Waals surface area contributed by atoms with Crippen molar-refractivity contribution in [1.29, 1.82) is 0 Å². The summed E-state index contributed by atoms with van der Waals surface area (Å²) in [6.07, 6.45) is 0. The largest absolute Gasteiger partial charge is 0.324 e. The third-order valence-corrected chi connectivity index (χ3v) is 4.11. The van der Waals surface area contributed by atoms with Crippen molar-refractivity contribution in [2.45, 2.75) is 20.4 Å². The quantitative estimate of drug-likeness (QED) is 0.696. The number of nitrogens with one attached hydrogen (secondary N) is 2. The number of nitrogens with zero attached hydrogens (tertiary/aromatic N) is 2. The molecule has 3 rings (SSSR count). The van der Waals surface area contributed by atoms with Crippen LogP contribution in [-0.2, 0) is 16.1 Å². The Morgan fingerprint density at radius 2 is 1.76 bits per heavy atom. The number of amides is 2. The average Bonchev–Trinajstić information content (AvgIpc) is 2.67. The van der Waals surface area contributed by atoms with Crippen LogP contribution < -0.4 is 16.2 Å². The number of carbonyl (C=O) groups is 2. The molecule has 8 heteroatoms. The first kappa shape index (κ1) is 19.9. The molecule has 1 aromatic heterocycles. The summed E-state index contributed by atoms with van der Waals surface area (Å²) in [5.41, 5.74) is 1.56. The monoisotopic (exact) mass is 394 g/mol. The number of aromatic nitrogens is 2. The van der Waals surface area contributed by atoms with E-state index in [9.17, 15) is 18.8 Å². The number of hydrogen-bond acceptors (Lipinski definition) is 4. The minimum atomic E-state index is -0.606. The first-order valence-electron chi connectivity index (χ1n) is 8.84. The second-order valence-corrected chi connectivity index (χ2v) is 6.46. The van der Waals surface area contributed by atoms with Crippen molar-refractivity contribution in [2.75, 3.05) is 10.6 Å². The standard InChI is InChI=1S/C21H19FN4O3/c1-13-10-16(22)8-9-17(13)24-20(28)12-26-21(29)19(23-14(2)27)11-18(25-26)15-6-4-3-5-7-15/h3-11H,12H2,1-2H3,(H,23,27)(H,24,28). The molecule has 2 N–H and O–H groups in total. The van der Waals surface area contributed by atoms with Gasteiger partial charge in [-0.2, -0.15) is 5.10 Å². The number of anilines is 2. The molecule has 0 atom stereocenters. The second-order valence-electron chi connectivity index (χ2n) is 6.46. The van der Waals surface area contributed by atoms with E-state index >= 15 is 0 Å². The Balaban J connectivity index is 1.93. The lowest BCUT2D eigenvalue weighted by Crippen LogP contribution is -2.32. The van der Waals surface area contributed by atoms with E-state index in [1.165, 1.54) is 31.2 Å². The third-order valence-electron chi connectivity index (χ3n) is 4.11. The zero-order valence-corrected chi connectivity index (χ0v) is 15.9. The Kier molecular flexibility index (Phi) is 5.82. The van der Waals surface area contributed by atoms with Crippen LogP contribution in [0.1, 0.15) is 12.5 Å². The molecule has 0 unspecified atom stereocenters. The molecule has 0 saturated carbocycles. The van der Waals surface area contributed by atoms with Crippen LogP contribution in [0.2, 0.25) is 0 Å². The van der Waals surface area contributed by atoms with Gasteiger partial charge in [0.25, 0.3) is 5.56 Å². The van der Waals surface area contributed by atoms with Crippen molar-refractivity contribution in [3.63, 3.8) is 0 Å². The molecule has 1 heterocycles. The molecular formula is C21H19FN4O3. The molecule has 0 saturated heterocycles. The van der Waals surface area contributed by atoms with Gasteiger partial charge in [-0.15, -0.1) is 0 Å². The summed E-state index contributed by atoms with van der Waals surface area (Å²) in [5.74, 6) is -1.33. The van der Waals surface area contributed by atoms with Gasteiger partial charge >= 0.3 is 0 Å². The predicted molar refractivity (Wildman–Crippen MR) is 108 cm³/mol. The molecule has 0 radical (unpaired) electrons. The molecule has 0 aliphatic heterocycles. The molecule has 0 aliphatic rings. The molecule has 0 aliphatic carbocycles. The van der Waals surface area contributed by atoms with Gasteiger partial charge in [0.1, 0.15) is 18.0 Å². The normalized spacial score (nSPS) is 10.4. The zero-order chi connectivity index (χ0) is 21.0. The fourth-order valence-electron chi connectivity index (χ4n) is 2.77. The van der Waals surface area contributed by atoms with Crippen molar-refractivity contribution in [3.05, 3.63) is 76.3 Å². The third kappa shape index (κ3) is 4.92. The summed E-state index contributed by atoms with van der Waals surface area (Å²) in [6.45, 7) is 2.58. The summed E-state index contributed by atoms with van der Waals surface area (Å²) in [4.78, 5) is 36.6. The number of carbonyl (C=O) groups excluding carboxylic acids is 2. The Hall–Kier alpha value is -3.81. The van der Waals surface area contributed by atoms with Crippen LogP contribution in [0.4, 0.5) is 15.8 Å². The van der Waals surface area contributed by atoms with Crippen LogP contribution in [0, 0.1) is 12.7 Å². The van der Waals surface area contributed by atoms with Crippen LogP contribution in [-0.4, -0.2) is 21.6 Å². The first-order valence-corrected chi connectivity index (χ1v) is 8.84. The minimum Gasteiger partial charge on any atom is -0.324 e. The summed E-state index contributed by atoms with van der Waals surface area (Å²) in [7, 11) is 0. The lowest BCUT2D eigenvalue weighted by atomic mass is 10.1. The highest BCUT2D eigenvalue weighted by atomic mass is 19.1. The Morgan fingerprint density at radius 3 is 2.41 bits per heavy atom. The van der Waals surface area contributed by atoms with E-state index in [1.54, 1.807) is 19.1 Å². The van der Waals surface area contributed by atoms with E-state index < -0.39 is 23.2 Å². The maximum absolute atomic E-state index is 13.2. The summed E-state index contributed by atoms with van der Waals surface area (Å²) < 4.78 is 14.2. The molecule has 2 aromatic carbocycles. The number of benzene rings is 2. The predicted octanol–water partition coefficient (Wildman–Crippen LogP) is 2.95. The Morgan fingerprint density at radius 1 is 1.03 bits per heavy atom. The maximum Gasteiger partial charge on any atom is 0.291 e. The van der Waals surface area contributed by atoms with Gasteiger partial charge in [-0.05, 0) is 36.8 Å². The molecule has 0 spiro atoms. The lowest BCUT2D eigenvalue weighted by Gasteiger charge is -2.12. The van der Waals surface area contributed by atoms with Gasteiger partial charge in [0.05, 0.1) is 5.69 Å². The van der Waals surface area contributed by atoms with Gasteiger partial charge in [0.2, 0.25) is 11.8 Å². The highest BCUT2D eigenvalue weighted by Gasteiger charge is 2.14. The van der Waals surface area contributed by atoms with Crippen molar-refractivity contribution in [2.24, 2.45) is 0 Å². The van der Waals surface area contributed by atoms with E-state index in [-0.39, 0.29) is 12.2 Å². The first-order chi connectivity index (χ1) is 13.8. The highest BCUT2D eigenvalue weighted by Crippen LogP contribution is 2.18. The van der Waals surface area contributed by atoms with Gasteiger partial charge in [-0.1, -0.05) is 30.3 Å². The molecule has 0 fully saturated rings. The molecule has 148 valence electrons. The molecule has 0 bridgehead atoms. The summed E-state index contributed by atoms with van der Waals surface area (Å²) in [6, 6.07) is 14.5. The molecule has 3 aromatic rings. The molecule has 29 heavy (non-hydrogen) atoms. The van der Waals surface area contributed by atoms with Crippen molar-refractivity contribution < 1.29 is 14.0 Å². The van der Waals surface area contributed by atoms with Gasteiger partial charge in [0, 0.05) is 18.2 Å². The van der Waals surface area contributed by atoms with Gasteiger partial charge in [0.15, 0.2) is 0 Å². The summed E-state index contributed by atoms with van der Waals surface area (Å²) in [5, 5.41) is 9.38. The SMILES string of the molecule is CC(=O)Nc1cc(-c2ccccc2)nn(CC(=O)Nc2ccc(F)cc2C)c1=O. The van der Waals surface area contributed by atoms with Gasteiger partial charge in [-0.3, -0.25) is 14.4 Å². The smallest absolute Gasteiger partial charge is 0.291 e. The van der Waals surface area contributed by atoms with Crippen molar-refractivity contribution in [1.82, 2.24) is 9.78 Å². The van der Waals surface area contributed by atoms with E-state index in [4.69, 9.17) is 0 Å². The number of aryl methyl sites for hydroxylation is 1. The molecule has 7 nitrogen and oxygen atoms in total. The fourth-order valence-corrected chi connectivity index (χ4v) is 2.77. The van der Waals surface area contributed by atoms with Crippen LogP contribution in [0.25, 0.3) is 11.3 Å². The lowest BCUT2D eigenvalue weighted by molar-refractivity contribution is -0.117. The molecule has 2 amide bonds. The molecular weight excluding hydrogens is 375 g/mol. The van der Waals surface area contributed by atoms with E-state index in [2.05, 4.69) is 15.7 Å². The maximum atomic E-state index is 13.2. The topological polar surface area (TPSA) is 93.1 Å². The van der Waals surface area contributed by atoms with Crippen molar-refractivity contribution >= 4 is 23.2 Å². The van der Waals surface area contributed by atoms with Gasteiger partial charge in [-0.25, -0.2) is 9.07 Å². The van der Waals surface area contributed by atoms with E-state index in [0.29, 0.717) is 16.9 Å². The zero-order valence-electron chi connectivity index (χ0n) is 15.9. The van der Waals surface area contributed by atoms with E-state index in [1.807, 2.05) is 18.2 Å². The van der Waals surface area contributed by atoms with Crippen LogP contribution in [0.15, 0.2) is 59.4 Å². The second kappa shape index (κ2) is 8.47. The number of rotatable bonds is 5. The Labute approximate surface area is 166 Å². The van der Waals surface area contributed by atoms with Crippen LogP contribution in [0.5, 0.6) is 0 Å². The average molecular weight is 394 g/mol. The minimum absolute atomic E-state index is 0.0251. The number of halogens is 1. The van der Waals surface area contributed by atoms with Crippen LogP contribution in [0.3, 0.4) is 0 Å². The number of hydrogen-bond donors (Lipinski definition) is 2. The fraction of sp³-hybridized carbons (Fsp3) is 0.143. The Bertz CT molecular complexity index is 1130. The van der Waals surface area contributed by atoms with E-state index in [0.717, 1.165) is 10.2 Å². The summed E-state index contributed by atoms with van der Waals surface area (Å²) >= 11 is 0.